The number of rotatable bonds is 5. The Morgan fingerprint density at radius 3 is 2.37 bits per heavy atom. The highest BCUT2D eigenvalue weighted by molar-refractivity contribution is 6.02. The van der Waals surface area contributed by atoms with Gasteiger partial charge in [0.15, 0.2) is 0 Å². The third kappa shape index (κ3) is 3.09. The smallest absolute Gasteiger partial charge is 0.0572 e. The van der Waals surface area contributed by atoms with E-state index in [-0.39, 0.29) is 6.10 Å². The summed E-state index contributed by atoms with van der Waals surface area (Å²) in [5, 5.41) is 19.2. The number of nitrogens with one attached hydrogen (secondary N) is 1. The topological polar surface area (TPSA) is 44.1 Å². The molecule has 1 atom stereocenters. The van der Waals surface area contributed by atoms with Crippen LogP contribution in [0.3, 0.4) is 0 Å². The maximum Gasteiger partial charge on any atom is 0.0572 e. The summed E-state index contributed by atoms with van der Waals surface area (Å²) < 4.78 is 0. The van der Waals surface area contributed by atoms with Crippen molar-refractivity contribution in [1.82, 2.24) is 0 Å². The molecular formula is C17H19NO. The van der Waals surface area contributed by atoms with Crippen molar-refractivity contribution >= 4 is 23.1 Å². The molecule has 2 rings (SSSR count). The summed E-state index contributed by atoms with van der Waals surface area (Å²) in [7, 11) is 0. The Kier molecular flexibility index (Phi) is 4.48. The maximum atomic E-state index is 9.55. The van der Waals surface area contributed by atoms with Gasteiger partial charge in [-0.2, -0.15) is 0 Å². The molecule has 0 radical (unpaired) electrons. The summed E-state index contributed by atoms with van der Waals surface area (Å²) >= 11 is 0. The standard InChI is InChI=1S/C17H19NO/c1-2-15(19)7-5-6-13-10-11-14(12-18)17-9-4-3-8-16(13)17/h3-6,8-12,15,18-19H,2,7H2,1H3/b6-5+,18-12?. The highest BCUT2D eigenvalue weighted by Crippen LogP contribution is 2.23. The summed E-state index contributed by atoms with van der Waals surface area (Å²) in [6, 6.07) is 12.1. The van der Waals surface area contributed by atoms with E-state index < -0.39 is 0 Å². The zero-order chi connectivity index (χ0) is 13.7. The molecule has 2 aromatic carbocycles. The molecule has 0 aliphatic heterocycles. The molecule has 2 nitrogen and oxygen atoms in total. The van der Waals surface area contributed by atoms with Gasteiger partial charge in [-0.15, -0.1) is 0 Å². The average Bonchev–Trinajstić information content (AvgIpc) is 2.47. The molecule has 0 saturated carbocycles. The molecule has 2 aromatic rings. The molecule has 0 aliphatic rings. The van der Waals surface area contributed by atoms with Crippen molar-refractivity contribution in [2.75, 3.05) is 0 Å². The molecule has 98 valence electrons. The number of hydrogen-bond donors (Lipinski definition) is 2. The molecule has 0 heterocycles. The monoisotopic (exact) mass is 253 g/mol. The Hall–Kier alpha value is -1.93. The lowest BCUT2D eigenvalue weighted by Crippen LogP contribution is -2.01. The zero-order valence-electron chi connectivity index (χ0n) is 11.1. The summed E-state index contributed by atoms with van der Waals surface area (Å²) in [6.07, 6.45) is 6.64. The van der Waals surface area contributed by atoms with Gasteiger partial charge in [-0.1, -0.05) is 55.5 Å². The van der Waals surface area contributed by atoms with Crippen LogP contribution in [-0.4, -0.2) is 17.4 Å². The molecule has 0 aliphatic carbocycles. The van der Waals surface area contributed by atoms with Crippen LogP contribution in [0.2, 0.25) is 0 Å². The van der Waals surface area contributed by atoms with Crippen LogP contribution >= 0.6 is 0 Å². The fraction of sp³-hybridized carbons (Fsp3) is 0.235. The second-order valence-corrected chi connectivity index (χ2v) is 4.63. The predicted octanol–water partition coefficient (Wildman–Crippen LogP) is 4.01. The second-order valence-electron chi connectivity index (χ2n) is 4.63. The van der Waals surface area contributed by atoms with Crippen LogP contribution in [0.5, 0.6) is 0 Å². The van der Waals surface area contributed by atoms with Crippen molar-refractivity contribution in [3.05, 3.63) is 53.6 Å². The Balaban J connectivity index is 2.37. The molecule has 2 heteroatoms. The van der Waals surface area contributed by atoms with Gasteiger partial charge >= 0.3 is 0 Å². The van der Waals surface area contributed by atoms with E-state index >= 15 is 0 Å². The van der Waals surface area contributed by atoms with Crippen LogP contribution in [0.1, 0.15) is 30.9 Å². The minimum absolute atomic E-state index is 0.261. The Morgan fingerprint density at radius 2 is 1.74 bits per heavy atom. The summed E-state index contributed by atoms with van der Waals surface area (Å²) in [6.45, 7) is 1.98. The van der Waals surface area contributed by atoms with Gasteiger partial charge in [0.05, 0.1) is 6.10 Å². The van der Waals surface area contributed by atoms with Crippen LogP contribution in [-0.2, 0) is 0 Å². The zero-order valence-corrected chi connectivity index (χ0v) is 11.1. The molecule has 0 amide bonds. The minimum Gasteiger partial charge on any atom is -0.393 e. The third-order valence-electron chi connectivity index (χ3n) is 3.32. The lowest BCUT2D eigenvalue weighted by atomic mass is 9.99. The molecule has 0 spiro atoms. The van der Waals surface area contributed by atoms with Crippen molar-refractivity contribution < 1.29 is 5.11 Å². The van der Waals surface area contributed by atoms with Gasteiger partial charge in [0.1, 0.15) is 0 Å². The van der Waals surface area contributed by atoms with Crippen molar-refractivity contribution in [3.63, 3.8) is 0 Å². The number of aliphatic hydroxyl groups is 1. The SMILES string of the molecule is CCC(O)C/C=C/c1ccc(C=N)c2ccccc12. The molecule has 0 fully saturated rings. The molecule has 2 N–H and O–H groups in total. The Bertz CT molecular complexity index is 601. The highest BCUT2D eigenvalue weighted by Gasteiger charge is 2.02. The van der Waals surface area contributed by atoms with E-state index in [4.69, 9.17) is 5.41 Å². The first kappa shape index (κ1) is 13.5. The number of hydrogen-bond acceptors (Lipinski definition) is 2. The van der Waals surface area contributed by atoms with Crippen LogP contribution < -0.4 is 0 Å². The third-order valence-corrected chi connectivity index (χ3v) is 3.32. The van der Waals surface area contributed by atoms with Crippen LogP contribution in [0.4, 0.5) is 0 Å². The summed E-state index contributed by atoms with van der Waals surface area (Å²) in [4.78, 5) is 0. The van der Waals surface area contributed by atoms with Gasteiger partial charge < -0.3 is 10.5 Å². The van der Waals surface area contributed by atoms with Gasteiger partial charge in [-0.25, -0.2) is 0 Å². The molecule has 0 aromatic heterocycles. The first-order valence-corrected chi connectivity index (χ1v) is 6.63. The van der Waals surface area contributed by atoms with Crippen LogP contribution in [0.15, 0.2) is 42.5 Å². The second kappa shape index (κ2) is 6.30. The van der Waals surface area contributed by atoms with Crippen LogP contribution in [0, 0.1) is 5.41 Å². The average molecular weight is 253 g/mol. The van der Waals surface area contributed by atoms with E-state index in [0.29, 0.717) is 6.42 Å². The van der Waals surface area contributed by atoms with E-state index in [1.54, 1.807) is 0 Å². The summed E-state index contributed by atoms with van der Waals surface area (Å²) in [5.41, 5.74) is 2.06. The number of benzene rings is 2. The molecule has 0 bridgehead atoms. The van der Waals surface area contributed by atoms with E-state index in [2.05, 4.69) is 12.1 Å². The van der Waals surface area contributed by atoms with Gasteiger partial charge in [0, 0.05) is 6.21 Å². The van der Waals surface area contributed by atoms with Crippen molar-refractivity contribution in [2.24, 2.45) is 0 Å². The normalized spacial score (nSPS) is 12.9. The van der Waals surface area contributed by atoms with E-state index in [9.17, 15) is 5.11 Å². The Morgan fingerprint density at radius 1 is 1.11 bits per heavy atom. The lowest BCUT2D eigenvalue weighted by molar-refractivity contribution is 0.174. The minimum atomic E-state index is -0.261. The lowest BCUT2D eigenvalue weighted by Gasteiger charge is -2.06. The quantitative estimate of drug-likeness (QED) is 0.777. The van der Waals surface area contributed by atoms with Crippen molar-refractivity contribution in [3.8, 4) is 0 Å². The van der Waals surface area contributed by atoms with Gasteiger partial charge in [-0.3, -0.25) is 0 Å². The molecule has 0 saturated heterocycles. The molecule has 1 unspecified atom stereocenters. The first-order valence-electron chi connectivity index (χ1n) is 6.63. The van der Waals surface area contributed by atoms with Crippen molar-refractivity contribution in [2.45, 2.75) is 25.9 Å². The van der Waals surface area contributed by atoms with Gasteiger partial charge in [0.25, 0.3) is 0 Å². The van der Waals surface area contributed by atoms with Gasteiger partial charge in [-0.05, 0) is 34.7 Å². The van der Waals surface area contributed by atoms with Crippen LogP contribution in [0.25, 0.3) is 16.8 Å². The largest absolute Gasteiger partial charge is 0.393 e. The molecular weight excluding hydrogens is 234 g/mol. The fourth-order valence-corrected chi connectivity index (χ4v) is 2.14. The van der Waals surface area contributed by atoms with E-state index in [1.807, 2.05) is 43.3 Å². The van der Waals surface area contributed by atoms with E-state index in [0.717, 1.165) is 28.3 Å². The predicted molar refractivity (Wildman–Crippen MR) is 81.8 cm³/mol. The maximum absolute atomic E-state index is 9.55. The van der Waals surface area contributed by atoms with Gasteiger partial charge in [0.2, 0.25) is 0 Å². The number of fused-ring (bicyclic) bond motifs is 1. The summed E-state index contributed by atoms with van der Waals surface area (Å²) in [5.74, 6) is 0. The Labute approximate surface area is 113 Å². The number of aliphatic hydroxyl groups excluding tert-OH is 1. The van der Waals surface area contributed by atoms with E-state index in [1.165, 1.54) is 6.21 Å². The first-order chi connectivity index (χ1) is 9.26. The molecule has 19 heavy (non-hydrogen) atoms. The fourth-order valence-electron chi connectivity index (χ4n) is 2.14. The highest BCUT2D eigenvalue weighted by atomic mass is 16.3. The van der Waals surface area contributed by atoms with Crippen molar-refractivity contribution in [1.29, 1.82) is 5.41 Å².